The molecule has 4 heteroatoms. The Bertz CT molecular complexity index is 329. The van der Waals surface area contributed by atoms with Crippen LogP contribution in [0.3, 0.4) is 0 Å². The molecule has 1 aromatic carbocycles. The molecule has 1 aromatic rings. The van der Waals surface area contributed by atoms with Gasteiger partial charge in [0.25, 0.3) is 0 Å². The lowest BCUT2D eigenvalue weighted by Gasteiger charge is -2.14. The molecule has 0 amide bonds. The molecule has 90 valence electrons. The first-order valence-electron chi connectivity index (χ1n) is 5.53. The molecule has 0 heterocycles. The molecule has 0 aromatic heterocycles. The highest BCUT2D eigenvalue weighted by molar-refractivity contribution is 5.40. The Morgan fingerprint density at radius 2 is 2.00 bits per heavy atom. The van der Waals surface area contributed by atoms with Crippen molar-refractivity contribution in [2.75, 3.05) is 26.7 Å². The van der Waals surface area contributed by atoms with Crippen LogP contribution in [0.2, 0.25) is 0 Å². The average molecular weight is 224 g/mol. The molecule has 1 rings (SSSR count). The van der Waals surface area contributed by atoms with Gasteiger partial charge >= 0.3 is 0 Å². The van der Waals surface area contributed by atoms with Crippen LogP contribution in [-0.4, -0.2) is 41.8 Å². The molecule has 16 heavy (non-hydrogen) atoms. The third kappa shape index (κ3) is 4.08. The molecule has 0 saturated carbocycles. The summed E-state index contributed by atoms with van der Waals surface area (Å²) in [5, 5.41) is 21.7. The number of phenols is 2. The van der Waals surface area contributed by atoms with Crippen molar-refractivity contribution in [2.24, 2.45) is 0 Å². The molecular weight excluding hydrogens is 204 g/mol. The molecule has 0 aliphatic heterocycles. The van der Waals surface area contributed by atoms with Crippen LogP contribution in [0.1, 0.15) is 12.5 Å². The largest absolute Gasteiger partial charge is 0.504 e. The summed E-state index contributed by atoms with van der Waals surface area (Å²) < 4.78 is 0. The zero-order chi connectivity index (χ0) is 12.0. The maximum atomic E-state index is 9.30. The molecule has 3 N–H and O–H groups in total. The Hall–Kier alpha value is -1.26. The molecule has 0 bridgehead atoms. The molecule has 0 saturated heterocycles. The highest BCUT2D eigenvalue weighted by Gasteiger charge is 2.00. The fourth-order valence-electron chi connectivity index (χ4n) is 1.34. The lowest BCUT2D eigenvalue weighted by atomic mass is 10.2. The number of rotatable bonds is 6. The van der Waals surface area contributed by atoms with Crippen molar-refractivity contribution < 1.29 is 10.2 Å². The van der Waals surface area contributed by atoms with E-state index in [4.69, 9.17) is 5.11 Å². The van der Waals surface area contributed by atoms with Crippen molar-refractivity contribution in [3.63, 3.8) is 0 Å². The molecule has 0 spiro atoms. The van der Waals surface area contributed by atoms with E-state index in [1.165, 1.54) is 6.07 Å². The Balaban J connectivity index is 2.29. The summed E-state index contributed by atoms with van der Waals surface area (Å²) in [5.74, 6) is -0.139. The van der Waals surface area contributed by atoms with Crippen LogP contribution in [0.25, 0.3) is 0 Å². The second-order valence-corrected chi connectivity index (χ2v) is 3.90. The van der Waals surface area contributed by atoms with Crippen LogP contribution in [0.4, 0.5) is 0 Å². The van der Waals surface area contributed by atoms with Gasteiger partial charge in [-0.15, -0.1) is 0 Å². The molecule has 0 fully saturated rings. The van der Waals surface area contributed by atoms with E-state index >= 15 is 0 Å². The van der Waals surface area contributed by atoms with Gasteiger partial charge < -0.3 is 20.4 Å². The standard InChI is InChI=1S/C12H20N2O2/c1-3-14(2)7-6-13-9-10-4-5-11(15)12(16)8-10/h4-5,8,13,15-16H,3,6-7,9H2,1-2H3. The smallest absolute Gasteiger partial charge is 0.157 e. The lowest BCUT2D eigenvalue weighted by molar-refractivity contribution is 0.349. The van der Waals surface area contributed by atoms with E-state index in [1.807, 2.05) is 0 Å². The molecule has 0 radical (unpaired) electrons. The summed E-state index contributed by atoms with van der Waals surface area (Å²) in [6, 6.07) is 4.88. The highest BCUT2D eigenvalue weighted by Crippen LogP contribution is 2.24. The summed E-state index contributed by atoms with van der Waals surface area (Å²) in [4.78, 5) is 2.22. The molecule has 0 unspecified atom stereocenters. The number of hydrogen-bond donors (Lipinski definition) is 3. The zero-order valence-corrected chi connectivity index (χ0v) is 9.90. The third-order valence-electron chi connectivity index (χ3n) is 2.58. The van der Waals surface area contributed by atoms with Crippen LogP contribution in [0.5, 0.6) is 11.5 Å². The Morgan fingerprint density at radius 3 is 2.62 bits per heavy atom. The summed E-state index contributed by atoms with van der Waals surface area (Å²) in [6.45, 7) is 5.78. The molecule has 0 aliphatic rings. The van der Waals surface area contributed by atoms with Crippen molar-refractivity contribution >= 4 is 0 Å². The second kappa shape index (κ2) is 6.35. The molecule has 4 nitrogen and oxygen atoms in total. The Labute approximate surface area is 96.5 Å². The molecule has 0 atom stereocenters. The first kappa shape index (κ1) is 12.8. The van der Waals surface area contributed by atoms with Crippen LogP contribution in [-0.2, 0) is 6.54 Å². The van der Waals surface area contributed by atoms with Gasteiger partial charge in [0.1, 0.15) is 0 Å². The minimum Gasteiger partial charge on any atom is -0.504 e. The number of likely N-dealkylation sites (N-methyl/N-ethyl adjacent to an activating group) is 1. The van der Waals surface area contributed by atoms with Crippen LogP contribution in [0, 0.1) is 0 Å². The van der Waals surface area contributed by atoms with Crippen molar-refractivity contribution in [2.45, 2.75) is 13.5 Å². The predicted octanol–water partition coefficient (Wildman–Crippen LogP) is 1.14. The summed E-state index contributed by atoms with van der Waals surface area (Å²) in [7, 11) is 2.08. The highest BCUT2D eigenvalue weighted by atomic mass is 16.3. The number of nitrogens with zero attached hydrogens (tertiary/aromatic N) is 1. The summed E-state index contributed by atoms with van der Waals surface area (Å²) in [5.41, 5.74) is 0.967. The first-order valence-corrected chi connectivity index (χ1v) is 5.53. The van der Waals surface area contributed by atoms with Crippen LogP contribution >= 0.6 is 0 Å². The Kier molecular flexibility index (Phi) is 5.08. The SMILES string of the molecule is CCN(C)CCNCc1ccc(O)c(O)c1. The summed E-state index contributed by atoms with van der Waals surface area (Å²) in [6.07, 6.45) is 0. The van der Waals surface area contributed by atoms with E-state index in [2.05, 4.69) is 24.2 Å². The monoisotopic (exact) mass is 224 g/mol. The van der Waals surface area contributed by atoms with Crippen molar-refractivity contribution in [3.8, 4) is 11.5 Å². The van der Waals surface area contributed by atoms with Crippen molar-refractivity contribution in [1.29, 1.82) is 0 Å². The van der Waals surface area contributed by atoms with E-state index in [0.717, 1.165) is 25.2 Å². The Morgan fingerprint density at radius 1 is 1.25 bits per heavy atom. The van der Waals surface area contributed by atoms with Crippen molar-refractivity contribution in [1.82, 2.24) is 10.2 Å². The van der Waals surface area contributed by atoms with Crippen LogP contribution < -0.4 is 5.32 Å². The number of hydrogen-bond acceptors (Lipinski definition) is 4. The number of phenolic OH excluding ortho intramolecular Hbond substituents is 2. The fourth-order valence-corrected chi connectivity index (χ4v) is 1.34. The number of benzene rings is 1. The molecule has 0 aliphatic carbocycles. The van der Waals surface area contributed by atoms with Gasteiger partial charge in [-0.2, -0.15) is 0 Å². The van der Waals surface area contributed by atoms with Gasteiger partial charge in [0.2, 0.25) is 0 Å². The van der Waals surface area contributed by atoms with Gasteiger partial charge in [-0.1, -0.05) is 13.0 Å². The van der Waals surface area contributed by atoms with Gasteiger partial charge in [0.05, 0.1) is 0 Å². The second-order valence-electron chi connectivity index (χ2n) is 3.90. The quantitative estimate of drug-likeness (QED) is 0.501. The van der Waals surface area contributed by atoms with E-state index in [0.29, 0.717) is 6.54 Å². The van der Waals surface area contributed by atoms with Gasteiger partial charge in [0.15, 0.2) is 11.5 Å². The van der Waals surface area contributed by atoms with Gasteiger partial charge in [-0.3, -0.25) is 0 Å². The van der Waals surface area contributed by atoms with Gasteiger partial charge in [0, 0.05) is 19.6 Å². The normalized spacial score (nSPS) is 10.9. The third-order valence-corrected chi connectivity index (χ3v) is 2.58. The lowest BCUT2D eigenvalue weighted by Crippen LogP contribution is -2.28. The minimum absolute atomic E-state index is 0.0648. The zero-order valence-electron chi connectivity index (χ0n) is 9.90. The predicted molar refractivity (Wildman–Crippen MR) is 64.6 cm³/mol. The minimum atomic E-state index is -0.0746. The average Bonchev–Trinajstić information content (AvgIpc) is 2.28. The fraction of sp³-hybridized carbons (Fsp3) is 0.500. The van der Waals surface area contributed by atoms with E-state index < -0.39 is 0 Å². The first-order chi connectivity index (χ1) is 7.63. The molecular formula is C12H20N2O2. The van der Waals surface area contributed by atoms with Gasteiger partial charge in [-0.05, 0) is 31.3 Å². The van der Waals surface area contributed by atoms with Gasteiger partial charge in [-0.25, -0.2) is 0 Å². The summed E-state index contributed by atoms with van der Waals surface area (Å²) >= 11 is 0. The maximum absolute atomic E-state index is 9.30. The number of aromatic hydroxyl groups is 2. The van der Waals surface area contributed by atoms with Crippen molar-refractivity contribution in [3.05, 3.63) is 23.8 Å². The topological polar surface area (TPSA) is 55.7 Å². The van der Waals surface area contributed by atoms with E-state index in [9.17, 15) is 5.11 Å². The van der Waals surface area contributed by atoms with E-state index in [1.54, 1.807) is 12.1 Å². The van der Waals surface area contributed by atoms with E-state index in [-0.39, 0.29) is 11.5 Å². The number of nitrogens with one attached hydrogen (secondary N) is 1. The van der Waals surface area contributed by atoms with Crippen LogP contribution in [0.15, 0.2) is 18.2 Å². The maximum Gasteiger partial charge on any atom is 0.157 e.